The van der Waals surface area contributed by atoms with Crippen LogP contribution in [0.4, 0.5) is 0 Å². The molecule has 3 rings (SSSR count). The van der Waals surface area contributed by atoms with E-state index in [0.29, 0.717) is 0 Å². The lowest BCUT2D eigenvalue weighted by atomic mass is 9.98. The molecule has 0 heterocycles. The van der Waals surface area contributed by atoms with Crippen molar-refractivity contribution in [3.63, 3.8) is 0 Å². The van der Waals surface area contributed by atoms with Crippen LogP contribution in [0.1, 0.15) is 128 Å². The average Bonchev–Trinajstić information content (AvgIpc) is 2.95. The molecule has 3 aromatic rings. The quantitative estimate of drug-likeness (QED) is 0.0977. The van der Waals surface area contributed by atoms with Crippen LogP contribution in [-0.2, 0) is 0 Å². The first-order valence-corrected chi connectivity index (χ1v) is 16.9. The number of hydrogen-bond acceptors (Lipinski definition) is 2. The van der Waals surface area contributed by atoms with Crippen molar-refractivity contribution in [2.24, 2.45) is 0 Å². The summed E-state index contributed by atoms with van der Waals surface area (Å²) in [6.07, 6.45) is 21.1. The summed E-state index contributed by atoms with van der Waals surface area (Å²) in [7, 11) is 0. The predicted octanol–water partition coefficient (Wildman–Crippen LogP) is 11.4. The molecule has 216 valence electrons. The van der Waals surface area contributed by atoms with Crippen LogP contribution in [0, 0.1) is 0 Å². The molecule has 0 aliphatic rings. The molecule has 0 spiro atoms. The Morgan fingerprint density at radius 1 is 0.615 bits per heavy atom. The lowest BCUT2D eigenvalue weighted by Crippen LogP contribution is -2.31. The molecule has 0 aromatic heterocycles. The fourth-order valence-electron chi connectivity index (χ4n) is 5.86. The van der Waals surface area contributed by atoms with E-state index in [1.165, 1.54) is 124 Å². The highest BCUT2D eigenvalue weighted by atomic mass is 79.9. The number of benzene rings is 3. The zero-order valence-corrected chi connectivity index (χ0v) is 26.5. The number of hydrogen-bond donors (Lipinski definition) is 1. The molecule has 1 N–H and O–H groups in total. The van der Waals surface area contributed by atoms with E-state index in [9.17, 15) is 5.11 Å². The van der Waals surface area contributed by atoms with Gasteiger partial charge in [-0.15, -0.1) is 0 Å². The van der Waals surface area contributed by atoms with E-state index >= 15 is 0 Å². The Kier molecular flexibility index (Phi) is 15.5. The fraction of sp³-hybridized carbons (Fsp3) is 0.611. The molecular weight excluding hydrogens is 542 g/mol. The highest BCUT2D eigenvalue weighted by molar-refractivity contribution is 9.10. The van der Waals surface area contributed by atoms with Crippen molar-refractivity contribution in [3.8, 4) is 0 Å². The molecule has 0 radical (unpaired) electrons. The van der Waals surface area contributed by atoms with E-state index in [1.807, 2.05) is 0 Å². The summed E-state index contributed by atoms with van der Waals surface area (Å²) in [5.74, 6) is 0. The molecule has 0 saturated carbocycles. The number of aliphatic hydroxyl groups is 1. The summed E-state index contributed by atoms with van der Waals surface area (Å²) in [6.45, 7) is 7.51. The zero-order chi connectivity index (χ0) is 27.7. The number of nitrogens with zero attached hydrogens (tertiary/aromatic N) is 1. The third-order valence-corrected chi connectivity index (χ3v) is 8.96. The molecule has 3 aromatic carbocycles. The van der Waals surface area contributed by atoms with Gasteiger partial charge in [-0.2, -0.15) is 0 Å². The zero-order valence-electron chi connectivity index (χ0n) is 24.9. The predicted molar refractivity (Wildman–Crippen MR) is 176 cm³/mol. The van der Waals surface area contributed by atoms with E-state index in [4.69, 9.17) is 0 Å². The van der Waals surface area contributed by atoms with Gasteiger partial charge in [-0.25, -0.2) is 0 Å². The molecule has 0 aliphatic carbocycles. The van der Waals surface area contributed by atoms with Crippen molar-refractivity contribution >= 4 is 37.5 Å². The minimum Gasteiger partial charge on any atom is -0.387 e. The second-order valence-electron chi connectivity index (χ2n) is 11.7. The van der Waals surface area contributed by atoms with Crippen LogP contribution in [-0.4, -0.2) is 29.6 Å². The summed E-state index contributed by atoms with van der Waals surface area (Å²) in [5, 5.41) is 16.3. The molecule has 3 heteroatoms. The van der Waals surface area contributed by atoms with E-state index in [1.54, 1.807) is 0 Å². The molecule has 39 heavy (non-hydrogen) atoms. The first-order chi connectivity index (χ1) is 19.1. The largest absolute Gasteiger partial charge is 0.387 e. The molecule has 0 amide bonds. The Morgan fingerprint density at radius 3 is 1.69 bits per heavy atom. The van der Waals surface area contributed by atoms with Gasteiger partial charge >= 0.3 is 0 Å². The second-order valence-corrected chi connectivity index (χ2v) is 12.5. The molecule has 0 aliphatic heterocycles. The van der Waals surface area contributed by atoms with Crippen LogP contribution in [0.5, 0.6) is 0 Å². The van der Waals surface area contributed by atoms with E-state index in [-0.39, 0.29) is 0 Å². The highest BCUT2D eigenvalue weighted by Gasteiger charge is 2.15. The SMILES string of the molecule is CCCCCCCCCCN(CCCCCCCCCC)C[C@H](O)c1ccc2cc(Br)c3ccccc3c2c1. The monoisotopic (exact) mass is 595 g/mol. The smallest absolute Gasteiger partial charge is 0.0917 e. The molecule has 0 bridgehead atoms. The van der Waals surface area contributed by atoms with Crippen LogP contribution >= 0.6 is 15.9 Å². The molecular formula is C36H54BrNO. The van der Waals surface area contributed by atoms with Crippen LogP contribution in [0.2, 0.25) is 0 Å². The van der Waals surface area contributed by atoms with Gasteiger partial charge < -0.3 is 10.0 Å². The van der Waals surface area contributed by atoms with Gasteiger partial charge in [0.2, 0.25) is 0 Å². The number of rotatable bonds is 21. The van der Waals surface area contributed by atoms with Crippen LogP contribution in [0.15, 0.2) is 53.0 Å². The van der Waals surface area contributed by atoms with Crippen molar-refractivity contribution in [2.45, 2.75) is 123 Å². The first kappa shape index (κ1) is 32.1. The maximum Gasteiger partial charge on any atom is 0.0917 e. The molecule has 0 saturated heterocycles. The standard InChI is InChI=1S/C36H54BrNO/c1-3-5-7-9-11-13-15-19-25-38(26-20-16-14-12-10-8-6-4-2)29-36(39)31-24-23-30-28-35(37)33-22-18-17-21-32(33)34(30)27-31/h17-18,21-24,27-28,36,39H,3-16,19-20,25-26,29H2,1-2H3/t36-/m0/s1. The number of halogens is 1. The average molecular weight is 597 g/mol. The van der Waals surface area contributed by atoms with Gasteiger partial charge in [0.15, 0.2) is 0 Å². The maximum absolute atomic E-state index is 11.4. The highest BCUT2D eigenvalue weighted by Crippen LogP contribution is 2.33. The minimum atomic E-state index is -0.458. The number of fused-ring (bicyclic) bond motifs is 3. The van der Waals surface area contributed by atoms with E-state index in [0.717, 1.165) is 29.7 Å². The Labute approximate surface area is 247 Å². The lowest BCUT2D eigenvalue weighted by Gasteiger charge is -2.26. The summed E-state index contributed by atoms with van der Waals surface area (Å²) in [4.78, 5) is 2.54. The summed E-state index contributed by atoms with van der Waals surface area (Å²) >= 11 is 3.74. The Bertz CT molecular complexity index is 1060. The van der Waals surface area contributed by atoms with Crippen molar-refractivity contribution in [1.29, 1.82) is 0 Å². The van der Waals surface area contributed by atoms with Gasteiger partial charge in [0.1, 0.15) is 0 Å². The third-order valence-electron chi connectivity index (χ3n) is 8.31. The van der Waals surface area contributed by atoms with Crippen LogP contribution < -0.4 is 0 Å². The van der Waals surface area contributed by atoms with Gasteiger partial charge in [0, 0.05) is 11.0 Å². The van der Waals surface area contributed by atoms with Crippen LogP contribution in [0.25, 0.3) is 21.5 Å². The van der Waals surface area contributed by atoms with Gasteiger partial charge in [-0.3, -0.25) is 0 Å². The number of unbranched alkanes of at least 4 members (excludes halogenated alkanes) is 14. The molecule has 2 nitrogen and oxygen atoms in total. The normalized spacial score (nSPS) is 12.6. The van der Waals surface area contributed by atoms with Crippen molar-refractivity contribution < 1.29 is 5.11 Å². The second kappa shape index (κ2) is 18.8. The van der Waals surface area contributed by atoms with Gasteiger partial charge in [-0.05, 0) is 65.2 Å². The van der Waals surface area contributed by atoms with Gasteiger partial charge in [0.25, 0.3) is 0 Å². The number of aliphatic hydroxyl groups excluding tert-OH is 1. The summed E-state index contributed by atoms with van der Waals surface area (Å²) in [5.41, 5.74) is 1.03. The fourth-order valence-corrected chi connectivity index (χ4v) is 6.46. The van der Waals surface area contributed by atoms with Crippen molar-refractivity contribution in [3.05, 3.63) is 58.6 Å². The lowest BCUT2D eigenvalue weighted by molar-refractivity contribution is 0.110. The first-order valence-electron chi connectivity index (χ1n) is 16.1. The topological polar surface area (TPSA) is 23.5 Å². The maximum atomic E-state index is 11.4. The van der Waals surface area contributed by atoms with Gasteiger partial charge in [-0.1, -0.05) is 156 Å². The molecule has 0 unspecified atom stereocenters. The Morgan fingerprint density at radius 2 is 1.13 bits per heavy atom. The minimum absolute atomic E-state index is 0.458. The molecule has 1 atom stereocenters. The van der Waals surface area contributed by atoms with Crippen LogP contribution in [0.3, 0.4) is 0 Å². The Hall–Kier alpha value is -1.42. The Balaban J connectivity index is 1.56. The van der Waals surface area contributed by atoms with Gasteiger partial charge in [0.05, 0.1) is 6.10 Å². The summed E-state index contributed by atoms with van der Waals surface area (Å²) < 4.78 is 1.13. The summed E-state index contributed by atoms with van der Waals surface area (Å²) in [6, 6.07) is 17.3. The molecule has 0 fully saturated rings. The third kappa shape index (κ3) is 11.2. The van der Waals surface area contributed by atoms with E-state index in [2.05, 4.69) is 83.2 Å². The van der Waals surface area contributed by atoms with E-state index < -0.39 is 6.10 Å². The van der Waals surface area contributed by atoms with Crippen molar-refractivity contribution in [1.82, 2.24) is 4.90 Å². The van der Waals surface area contributed by atoms with Crippen molar-refractivity contribution in [2.75, 3.05) is 19.6 Å².